The highest BCUT2D eigenvalue weighted by molar-refractivity contribution is 9.10. The first kappa shape index (κ1) is 13.6. The molecule has 5 heteroatoms. The van der Waals surface area contributed by atoms with Crippen LogP contribution in [-0.2, 0) is 6.54 Å². The lowest BCUT2D eigenvalue weighted by atomic mass is 10.1. The number of hydrogen-bond donors (Lipinski definition) is 1. The average molecular weight is 329 g/mol. The zero-order valence-corrected chi connectivity index (χ0v) is 12.5. The SMILES string of the molecule is CCCNCc1ccc(Cl)cc1-n1cc(Br)cn1. The minimum absolute atomic E-state index is 0.718. The summed E-state index contributed by atoms with van der Waals surface area (Å²) in [7, 11) is 0. The third kappa shape index (κ3) is 3.34. The highest BCUT2D eigenvalue weighted by atomic mass is 79.9. The lowest BCUT2D eigenvalue weighted by Crippen LogP contribution is -2.15. The standard InChI is InChI=1S/C13H15BrClN3/c1-2-5-16-7-10-3-4-12(15)6-13(10)18-9-11(14)8-17-18/h3-4,6,8-9,16H,2,5,7H2,1H3. The van der Waals surface area contributed by atoms with E-state index < -0.39 is 0 Å². The molecule has 1 heterocycles. The molecule has 0 bridgehead atoms. The molecule has 0 spiro atoms. The van der Waals surface area contributed by atoms with Gasteiger partial charge in [0.2, 0.25) is 0 Å². The molecule has 1 aromatic heterocycles. The van der Waals surface area contributed by atoms with E-state index in [2.05, 4.69) is 33.3 Å². The molecule has 0 aliphatic heterocycles. The fourth-order valence-corrected chi connectivity index (χ4v) is 2.18. The van der Waals surface area contributed by atoms with E-state index in [0.717, 1.165) is 34.7 Å². The minimum atomic E-state index is 0.718. The van der Waals surface area contributed by atoms with E-state index in [-0.39, 0.29) is 0 Å². The average Bonchev–Trinajstić information content (AvgIpc) is 2.78. The molecule has 0 amide bonds. The smallest absolute Gasteiger partial charge is 0.0705 e. The fraction of sp³-hybridized carbons (Fsp3) is 0.308. The van der Waals surface area contributed by atoms with E-state index in [4.69, 9.17) is 11.6 Å². The van der Waals surface area contributed by atoms with Crippen LogP contribution >= 0.6 is 27.5 Å². The van der Waals surface area contributed by atoms with Crippen LogP contribution in [0.25, 0.3) is 5.69 Å². The molecule has 1 N–H and O–H groups in total. The molecule has 0 saturated carbocycles. The van der Waals surface area contributed by atoms with E-state index in [0.29, 0.717) is 0 Å². The molecule has 1 aromatic carbocycles. The second-order valence-electron chi connectivity index (χ2n) is 4.05. The highest BCUT2D eigenvalue weighted by Crippen LogP contribution is 2.21. The van der Waals surface area contributed by atoms with Crippen LogP contribution in [0.1, 0.15) is 18.9 Å². The topological polar surface area (TPSA) is 29.9 Å². The Kier molecular flexibility index (Phi) is 4.80. The lowest BCUT2D eigenvalue weighted by molar-refractivity contribution is 0.670. The number of halogens is 2. The molecule has 0 saturated heterocycles. The lowest BCUT2D eigenvalue weighted by Gasteiger charge is -2.11. The van der Waals surface area contributed by atoms with Gasteiger partial charge >= 0.3 is 0 Å². The molecule has 0 aliphatic carbocycles. The van der Waals surface area contributed by atoms with Crippen molar-refractivity contribution in [3.63, 3.8) is 0 Å². The molecule has 0 atom stereocenters. The molecular formula is C13H15BrClN3. The maximum Gasteiger partial charge on any atom is 0.0705 e. The third-order valence-electron chi connectivity index (χ3n) is 2.59. The molecule has 96 valence electrons. The van der Waals surface area contributed by atoms with E-state index >= 15 is 0 Å². The zero-order chi connectivity index (χ0) is 13.0. The van der Waals surface area contributed by atoms with E-state index in [1.165, 1.54) is 5.56 Å². The molecule has 2 aromatic rings. The maximum atomic E-state index is 6.06. The largest absolute Gasteiger partial charge is 0.313 e. The van der Waals surface area contributed by atoms with Crippen LogP contribution in [0.15, 0.2) is 35.1 Å². The van der Waals surface area contributed by atoms with Gasteiger partial charge in [-0.05, 0) is 46.6 Å². The van der Waals surface area contributed by atoms with E-state index in [9.17, 15) is 0 Å². The Morgan fingerprint density at radius 1 is 1.44 bits per heavy atom. The Labute approximate surface area is 120 Å². The van der Waals surface area contributed by atoms with Crippen LogP contribution in [0, 0.1) is 0 Å². The second-order valence-corrected chi connectivity index (χ2v) is 5.41. The molecule has 2 rings (SSSR count). The molecule has 3 nitrogen and oxygen atoms in total. The van der Waals surface area contributed by atoms with Crippen molar-refractivity contribution in [2.24, 2.45) is 0 Å². The van der Waals surface area contributed by atoms with Crippen LogP contribution < -0.4 is 5.32 Å². The number of nitrogens with zero attached hydrogens (tertiary/aromatic N) is 2. The van der Waals surface area contributed by atoms with Crippen molar-refractivity contribution in [2.75, 3.05) is 6.54 Å². The van der Waals surface area contributed by atoms with Gasteiger partial charge in [0.05, 0.1) is 16.4 Å². The predicted molar refractivity (Wildman–Crippen MR) is 78.3 cm³/mol. The van der Waals surface area contributed by atoms with Crippen molar-refractivity contribution < 1.29 is 0 Å². The highest BCUT2D eigenvalue weighted by Gasteiger charge is 2.06. The third-order valence-corrected chi connectivity index (χ3v) is 3.23. The number of benzene rings is 1. The summed E-state index contributed by atoms with van der Waals surface area (Å²) < 4.78 is 2.79. The van der Waals surface area contributed by atoms with E-state index in [1.807, 2.05) is 29.1 Å². The maximum absolute atomic E-state index is 6.06. The Balaban J connectivity index is 2.29. The Morgan fingerprint density at radius 3 is 2.94 bits per heavy atom. The molecule has 0 radical (unpaired) electrons. The van der Waals surface area contributed by atoms with Crippen molar-refractivity contribution in [1.29, 1.82) is 0 Å². The van der Waals surface area contributed by atoms with Crippen LogP contribution in [0.3, 0.4) is 0 Å². The molecule has 0 fully saturated rings. The number of rotatable bonds is 5. The summed E-state index contributed by atoms with van der Waals surface area (Å²) in [5.41, 5.74) is 2.19. The first-order valence-electron chi connectivity index (χ1n) is 5.90. The van der Waals surface area contributed by atoms with Gasteiger partial charge in [-0.15, -0.1) is 0 Å². The Bertz CT molecular complexity index is 525. The van der Waals surface area contributed by atoms with Crippen molar-refractivity contribution in [2.45, 2.75) is 19.9 Å². The van der Waals surface area contributed by atoms with Crippen LogP contribution in [0.2, 0.25) is 5.02 Å². The minimum Gasteiger partial charge on any atom is -0.313 e. The molecule has 18 heavy (non-hydrogen) atoms. The van der Waals surface area contributed by atoms with Gasteiger partial charge in [-0.3, -0.25) is 0 Å². The summed E-state index contributed by atoms with van der Waals surface area (Å²) in [4.78, 5) is 0. The van der Waals surface area contributed by atoms with Crippen LogP contribution in [0.4, 0.5) is 0 Å². The summed E-state index contributed by atoms with van der Waals surface area (Å²) >= 11 is 9.47. The van der Waals surface area contributed by atoms with Crippen LogP contribution in [-0.4, -0.2) is 16.3 Å². The summed E-state index contributed by atoms with van der Waals surface area (Å²) in [6, 6.07) is 5.88. The molecule has 0 unspecified atom stereocenters. The van der Waals surface area contributed by atoms with Gasteiger partial charge in [0.1, 0.15) is 0 Å². The summed E-state index contributed by atoms with van der Waals surface area (Å²) in [5.74, 6) is 0. The van der Waals surface area contributed by atoms with E-state index in [1.54, 1.807) is 6.20 Å². The quantitative estimate of drug-likeness (QED) is 0.846. The normalized spacial score (nSPS) is 10.8. The van der Waals surface area contributed by atoms with Gasteiger partial charge < -0.3 is 5.32 Å². The summed E-state index contributed by atoms with van der Waals surface area (Å²) in [6.07, 6.45) is 4.81. The van der Waals surface area contributed by atoms with Gasteiger partial charge in [-0.25, -0.2) is 4.68 Å². The first-order chi connectivity index (χ1) is 8.70. The van der Waals surface area contributed by atoms with Gasteiger partial charge in [-0.2, -0.15) is 5.10 Å². The van der Waals surface area contributed by atoms with Crippen molar-refractivity contribution in [1.82, 2.24) is 15.1 Å². The Hall–Kier alpha value is -0.840. The zero-order valence-electron chi connectivity index (χ0n) is 10.2. The van der Waals surface area contributed by atoms with Crippen molar-refractivity contribution in [3.8, 4) is 5.69 Å². The number of hydrogen-bond acceptors (Lipinski definition) is 2. The summed E-state index contributed by atoms with van der Waals surface area (Å²) in [5, 5.41) is 8.41. The van der Waals surface area contributed by atoms with Crippen molar-refractivity contribution in [3.05, 3.63) is 45.7 Å². The van der Waals surface area contributed by atoms with Gasteiger partial charge in [0.25, 0.3) is 0 Å². The first-order valence-corrected chi connectivity index (χ1v) is 7.07. The van der Waals surface area contributed by atoms with Crippen LogP contribution in [0.5, 0.6) is 0 Å². The number of aromatic nitrogens is 2. The Morgan fingerprint density at radius 2 is 2.28 bits per heavy atom. The molecular weight excluding hydrogens is 314 g/mol. The predicted octanol–water partition coefficient (Wildman–Crippen LogP) is 3.79. The van der Waals surface area contributed by atoms with Gasteiger partial charge in [0.15, 0.2) is 0 Å². The number of nitrogens with one attached hydrogen (secondary N) is 1. The second kappa shape index (κ2) is 6.36. The fourth-order valence-electron chi connectivity index (χ4n) is 1.73. The molecule has 0 aliphatic rings. The van der Waals surface area contributed by atoms with Gasteiger partial charge in [0, 0.05) is 17.8 Å². The summed E-state index contributed by atoms with van der Waals surface area (Å²) in [6.45, 7) is 3.98. The van der Waals surface area contributed by atoms with Gasteiger partial charge in [-0.1, -0.05) is 24.6 Å². The monoisotopic (exact) mass is 327 g/mol. The van der Waals surface area contributed by atoms with Crippen molar-refractivity contribution >= 4 is 27.5 Å².